The minimum absolute atomic E-state index is 0.885. The van der Waals surface area contributed by atoms with Crippen LogP contribution in [0, 0.1) is 0 Å². The van der Waals surface area contributed by atoms with Crippen molar-refractivity contribution >= 4 is 11.4 Å². The molecule has 90 valence electrons. The first-order valence-electron chi connectivity index (χ1n) is 6.17. The molecule has 0 atom stereocenters. The number of para-hydroxylation sites is 1. The van der Waals surface area contributed by atoms with E-state index in [2.05, 4.69) is 30.3 Å². The summed E-state index contributed by atoms with van der Waals surface area (Å²) in [5, 5.41) is 0. The van der Waals surface area contributed by atoms with Crippen LogP contribution >= 0.6 is 0 Å². The predicted octanol–water partition coefficient (Wildman–Crippen LogP) is 3.76. The van der Waals surface area contributed by atoms with E-state index in [9.17, 15) is 0 Å². The summed E-state index contributed by atoms with van der Waals surface area (Å²) in [7, 11) is 1.68. The van der Waals surface area contributed by atoms with Crippen molar-refractivity contribution in [2.45, 2.75) is 12.8 Å². The highest BCUT2D eigenvalue weighted by Crippen LogP contribution is 2.27. The van der Waals surface area contributed by atoms with E-state index >= 15 is 0 Å². The molecule has 0 saturated heterocycles. The molecule has 0 aliphatic carbocycles. The van der Waals surface area contributed by atoms with E-state index in [0.717, 1.165) is 30.0 Å². The van der Waals surface area contributed by atoms with Crippen LogP contribution < -0.4 is 4.74 Å². The summed E-state index contributed by atoms with van der Waals surface area (Å²) >= 11 is 0. The number of aryl methyl sites for hydroxylation is 1. The van der Waals surface area contributed by atoms with Gasteiger partial charge in [0.25, 0.3) is 0 Å². The van der Waals surface area contributed by atoms with E-state index in [0.29, 0.717) is 0 Å². The van der Waals surface area contributed by atoms with Gasteiger partial charge in [-0.05, 0) is 54.3 Å². The molecule has 0 unspecified atom stereocenters. The Morgan fingerprint density at radius 2 is 1.72 bits per heavy atom. The van der Waals surface area contributed by atoms with Gasteiger partial charge in [-0.25, -0.2) is 0 Å². The van der Waals surface area contributed by atoms with Gasteiger partial charge in [-0.2, -0.15) is 0 Å². The monoisotopic (exact) mass is 237 g/mol. The van der Waals surface area contributed by atoms with Gasteiger partial charge in [-0.15, -0.1) is 0 Å². The van der Waals surface area contributed by atoms with Crippen LogP contribution in [0.25, 0.3) is 0 Å². The Hall–Kier alpha value is -2.09. The molecular weight excluding hydrogens is 222 g/mol. The van der Waals surface area contributed by atoms with Crippen molar-refractivity contribution in [3.63, 3.8) is 0 Å². The third-order valence-electron chi connectivity index (χ3n) is 3.30. The summed E-state index contributed by atoms with van der Waals surface area (Å²) < 4.78 is 5.17. The van der Waals surface area contributed by atoms with Crippen LogP contribution in [0.4, 0.5) is 5.69 Å². The van der Waals surface area contributed by atoms with Gasteiger partial charge in [-0.1, -0.05) is 18.2 Å². The molecule has 0 radical (unpaired) electrons. The quantitative estimate of drug-likeness (QED) is 0.779. The van der Waals surface area contributed by atoms with Gasteiger partial charge in [0.15, 0.2) is 0 Å². The van der Waals surface area contributed by atoms with E-state index < -0.39 is 0 Å². The zero-order valence-electron chi connectivity index (χ0n) is 10.4. The van der Waals surface area contributed by atoms with Gasteiger partial charge in [-0.3, -0.25) is 4.99 Å². The smallest absolute Gasteiger partial charge is 0.118 e. The molecular formula is C16H15NO. The summed E-state index contributed by atoms with van der Waals surface area (Å²) in [5.74, 6) is 0.885. The highest BCUT2D eigenvalue weighted by atomic mass is 16.5. The maximum atomic E-state index is 5.17. The number of fused-ring (bicyclic) bond motifs is 1. The molecule has 2 heteroatoms. The normalized spacial score (nSPS) is 13.7. The zero-order valence-corrected chi connectivity index (χ0v) is 10.4. The topological polar surface area (TPSA) is 21.6 Å². The molecule has 2 nitrogen and oxygen atoms in total. The van der Waals surface area contributed by atoms with E-state index in [1.807, 2.05) is 18.2 Å². The number of nitrogens with zero attached hydrogens (tertiary/aromatic N) is 1. The molecule has 0 N–H and O–H groups in total. The summed E-state index contributed by atoms with van der Waals surface area (Å²) in [4.78, 5) is 4.75. The second kappa shape index (κ2) is 4.65. The standard InChI is InChI=1S/C16H15NO/c1-18-14-9-6-13(7-10-14)16-11-8-12-4-2-3-5-15(12)17-16/h2-7,9-10H,8,11H2,1H3. The number of methoxy groups -OCH3 is 1. The molecule has 2 aromatic carbocycles. The van der Waals surface area contributed by atoms with Crippen LogP contribution in [0.3, 0.4) is 0 Å². The highest BCUT2D eigenvalue weighted by molar-refractivity contribution is 6.03. The van der Waals surface area contributed by atoms with Gasteiger partial charge in [0.2, 0.25) is 0 Å². The molecule has 1 aliphatic heterocycles. The molecule has 1 heterocycles. The van der Waals surface area contributed by atoms with Crippen molar-refractivity contribution in [2.24, 2.45) is 4.99 Å². The van der Waals surface area contributed by atoms with E-state index in [-0.39, 0.29) is 0 Å². The number of benzene rings is 2. The maximum absolute atomic E-state index is 5.17. The molecule has 0 bridgehead atoms. The van der Waals surface area contributed by atoms with Crippen LogP contribution in [0.5, 0.6) is 5.75 Å². The Labute approximate surface area is 107 Å². The minimum atomic E-state index is 0.885. The molecule has 0 spiro atoms. The number of aliphatic imine (C=N–C) groups is 1. The summed E-state index contributed by atoms with van der Waals surface area (Å²) in [6.45, 7) is 0. The Kier molecular flexibility index (Phi) is 2.85. The highest BCUT2D eigenvalue weighted by Gasteiger charge is 2.12. The van der Waals surface area contributed by atoms with Gasteiger partial charge < -0.3 is 4.74 Å². The molecule has 2 aromatic rings. The van der Waals surface area contributed by atoms with Gasteiger partial charge in [0, 0.05) is 5.71 Å². The lowest BCUT2D eigenvalue weighted by molar-refractivity contribution is 0.415. The van der Waals surface area contributed by atoms with Crippen LogP contribution in [-0.4, -0.2) is 12.8 Å². The fraction of sp³-hybridized carbons (Fsp3) is 0.188. The molecule has 1 aliphatic rings. The van der Waals surface area contributed by atoms with Gasteiger partial charge >= 0.3 is 0 Å². The molecule has 0 amide bonds. The summed E-state index contributed by atoms with van der Waals surface area (Å²) in [6.07, 6.45) is 2.07. The van der Waals surface area contributed by atoms with Crippen molar-refractivity contribution < 1.29 is 4.74 Å². The molecule has 3 rings (SSSR count). The Balaban J connectivity index is 1.96. The van der Waals surface area contributed by atoms with Crippen molar-refractivity contribution in [3.8, 4) is 5.75 Å². The van der Waals surface area contributed by atoms with Crippen molar-refractivity contribution in [2.75, 3.05) is 7.11 Å². The predicted molar refractivity (Wildman–Crippen MR) is 74.0 cm³/mol. The zero-order chi connectivity index (χ0) is 12.4. The van der Waals surface area contributed by atoms with Crippen molar-refractivity contribution in [1.82, 2.24) is 0 Å². The largest absolute Gasteiger partial charge is 0.497 e. The van der Waals surface area contributed by atoms with Crippen molar-refractivity contribution in [3.05, 3.63) is 59.7 Å². The Morgan fingerprint density at radius 1 is 0.944 bits per heavy atom. The average molecular weight is 237 g/mol. The van der Waals surface area contributed by atoms with Crippen LogP contribution in [0.15, 0.2) is 53.5 Å². The Morgan fingerprint density at radius 3 is 2.50 bits per heavy atom. The van der Waals surface area contributed by atoms with Crippen molar-refractivity contribution in [1.29, 1.82) is 0 Å². The van der Waals surface area contributed by atoms with Crippen LogP contribution in [0.1, 0.15) is 17.5 Å². The summed E-state index contributed by atoms with van der Waals surface area (Å²) in [6, 6.07) is 16.5. The first kappa shape index (κ1) is 11.0. The summed E-state index contributed by atoms with van der Waals surface area (Å²) in [5.41, 5.74) is 4.80. The lowest BCUT2D eigenvalue weighted by Crippen LogP contribution is -2.07. The molecule has 18 heavy (non-hydrogen) atoms. The number of hydrogen-bond acceptors (Lipinski definition) is 2. The first-order chi connectivity index (χ1) is 8.86. The van der Waals surface area contributed by atoms with Gasteiger partial charge in [0.1, 0.15) is 5.75 Å². The van der Waals surface area contributed by atoms with E-state index in [4.69, 9.17) is 9.73 Å². The fourth-order valence-electron chi connectivity index (χ4n) is 2.28. The number of hydrogen-bond donors (Lipinski definition) is 0. The third kappa shape index (κ3) is 2.02. The van der Waals surface area contributed by atoms with Gasteiger partial charge in [0.05, 0.1) is 12.8 Å². The molecule has 0 saturated carbocycles. The number of ether oxygens (including phenoxy) is 1. The second-order valence-electron chi connectivity index (χ2n) is 4.42. The Bertz CT molecular complexity index is 584. The SMILES string of the molecule is COc1ccc(C2=Nc3ccccc3CC2)cc1. The second-order valence-corrected chi connectivity index (χ2v) is 4.42. The lowest BCUT2D eigenvalue weighted by atomic mass is 9.97. The molecule has 0 fully saturated rings. The van der Waals surface area contributed by atoms with Crippen LogP contribution in [-0.2, 0) is 6.42 Å². The average Bonchev–Trinajstić information content (AvgIpc) is 2.47. The van der Waals surface area contributed by atoms with E-state index in [1.165, 1.54) is 11.1 Å². The van der Waals surface area contributed by atoms with E-state index in [1.54, 1.807) is 7.11 Å². The maximum Gasteiger partial charge on any atom is 0.118 e. The minimum Gasteiger partial charge on any atom is -0.497 e. The van der Waals surface area contributed by atoms with Crippen LogP contribution in [0.2, 0.25) is 0 Å². The third-order valence-corrected chi connectivity index (χ3v) is 3.30. The fourth-order valence-corrected chi connectivity index (χ4v) is 2.28. The number of rotatable bonds is 2. The molecule has 0 aromatic heterocycles. The lowest BCUT2D eigenvalue weighted by Gasteiger charge is -2.15. The first-order valence-corrected chi connectivity index (χ1v) is 6.17.